The number of likely N-dealkylation sites (N-methyl/N-ethyl adjacent to an activating group) is 1. The van der Waals surface area contributed by atoms with E-state index in [0.717, 1.165) is 50.9 Å². The van der Waals surface area contributed by atoms with Crippen LogP contribution in [0.2, 0.25) is 0 Å². The first-order valence-electron chi connectivity index (χ1n) is 11.5. The largest absolute Gasteiger partial charge is 0.353 e. The first-order chi connectivity index (χ1) is 15.2. The van der Waals surface area contributed by atoms with E-state index in [0.29, 0.717) is 24.4 Å². The molecular weight excluding hydrogens is 428 g/mol. The molecule has 3 fully saturated rings. The molecule has 8 nitrogen and oxygen atoms in total. The van der Waals surface area contributed by atoms with E-state index >= 15 is 0 Å². The van der Waals surface area contributed by atoms with Gasteiger partial charge in [-0.15, -0.1) is 0 Å². The van der Waals surface area contributed by atoms with Crippen LogP contribution in [-0.4, -0.2) is 92.5 Å². The lowest BCUT2D eigenvalue weighted by molar-refractivity contribution is -0.130. The molecule has 1 aromatic rings. The Balaban J connectivity index is 1.39. The van der Waals surface area contributed by atoms with Crippen LogP contribution < -0.4 is 5.32 Å². The highest BCUT2D eigenvalue weighted by molar-refractivity contribution is 7.90. The number of rotatable bonds is 6. The first-order valence-corrected chi connectivity index (χ1v) is 13.4. The lowest BCUT2D eigenvalue weighted by atomic mass is 10.0. The molecule has 0 saturated carbocycles. The second-order valence-corrected chi connectivity index (χ2v) is 11.4. The molecule has 3 saturated heterocycles. The summed E-state index contributed by atoms with van der Waals surface area (Å²) in [5.41, 5.74) is 0.991. The Kier molecular flexibility index (Phi) is 6.88. The number of nitrogens with one attached hydrogen (secondary N) is 1. The predicted molar refractivity (Wildman–Crippen MR) is 122 cm³/mol. The van der Waals surface area contributed by atoms with Gasteiger partial charge in [-0.1, -0.05) is 12.1 Å². The van der Waals surface area contributed by atoms with Crippen molar-refractivity contribution in [2.24, 2.45) is 0 Å². The topological polar surface area (TPSA) is 90.0 Å². The van der Waals surface area contributed by atoms with Crippen LogP contribution in [0.5, 0.6) is 0 Å². The molecule has 176 valence electrons. The molecule has 9 heteroatoms. The van der Waals surface area contributed by atoms with Crippen LogP contribution >= 0.6 is 0 Å². The summed E-state index contributed by atoms with van der Waals surface area (Å²) in [6, 6.07) is 6.93. The van der Waals surface area contributed by atoms with Gasteiger partial charge >= 0.3 is 0 Å². The van der Waals surface area contributed by atoms with Crippen LogP contribution in [0, 0.1) is 0 Å². The lowest BCUT2D eigenvalue weighted by Crippen LogP contribution is -2.49. The molecular formula is C23H34N4O4S. The fraction of sp³-hybridized carbons (Fsp3) is 0.652. The van der Waals surface area contributed by atoms with Gasteiger partial charge in [0.2, 0.25) is 11.8 Å². The van der Waals surface area contributed by atoms with Gasteiger partial charge in [-0.25, -0.2) is 8.42 Å². The van der Waals surface area contributed by atoms with Gasteiger partial charge in [0.15, 0.2) is 9.84 Å². The van der Waals surface area contributed by atoms with Gasteiger partial charge in [-0.3, -0.25) is 19.4 Å². The summed E-state index contributed by atoms with van der Waals surface area (Å²) in [7, 11) is -1.14. The zero-order valence-corrected chi connectivity index (χ0v) is 19.8. The molecule has 0 spiro atoms. The van der Waals surface area contributed by atoms with Crippen LogP contribution in [0.1, 0.15) is 37.7 Å². The van der Waals surface area contributed by atoms with Crippen molar-refractivity contribution >= 4 is 21.7 Å². The Morgan fingerprint density at radius 3 is 2.47 bits per heavy atom. The fourth-order valence-corrected chi connectivity index (χ4v) is 5.95. The molecule has 4 rings (SSSR count). The number of nitrogens with zero attached hydrogens (tertiary/aromatic N) is 3. The number of likely N-dealkylation sites (tertiary alicyclic amines) is 2. The highest BCUT2D eigenvalue weighted by atomic mass is 32.2. The van der Waals surface area contributed by atoms with Crippen LogP contribution in [0.15, 0.2) is 29.2 Å². The van der Waals surface area contributed by atoms with Crippen molar-refractivity contribution in [3.05, 3.63) is 29.8 Å². The van der Waals surface area contributed by atoms with Gasteiger partial charge in [-0.05, 0) is 50.4 Å². The van der Waals surface area contributed by atoms with Gasteiger partial charge in [0.25, 0.3) is 0 Å². The zero-order valence-electron chi connectivity index (χ0n) is 19.0. The monoisotopic (exact) mass is 462 g/mol. The molecule has 0 aliphatic carbocycles. The maximum absolute atomic E-state index is 13.0. The van der Waals surface area contributed by atoms with Crippen LogP contribution in [0.4, 0.5) is 0 Å². The molecule has 3 heterocycles. The first kappa shape index (κ1) is 23.2. The second kappa shape index (κ2) is 9.49. The molecule has 32 heavy (non-hydrogen) atoms. The van der Waals surface area contributed by atoms with E-state index in [2.05, 4.69) is 22.2 Å². The predicted octanol–water partition coefficient (Wildman–Crippen LogP) is 0.866. The van der Waals surface area contributed by atoms with Crippen LogP contribution in [0.25, 0.3) is 0 Å². The summed E-state index contributed by atoms with van der Waals surface area (Å²) >= 11 is 0. The summed E-state index contributed by atoms with van der Waals surface area (Å²) < 4.78 is 23.4. The molecule has 2 amide bonds. The third kappa shape index (κ3) is 5.00. The van der Waals surface area contributed by atoms with E-state index < -0.39 is 9.84 Å². The number of hydrogen-bond acceptors (Lipinski definition) is 6. The number of fused-ring (bicyclic) bond motifs is 1. The maximum Gasteiger partial charge on any atom is 0.239 e. The van der Waals surface area contributed by atoms with Gasteiger partial charge in [0.05, 0.1) is 4.90 Å². The Morgan fingerprint density at radius 2 is 1.81 bits per heavy atom. The molecule has 3 aliphatic heterocycles. The van der Waals surface area contributed by atoms with Crippen LogP contribution in [-0.2, 0) is 26.0 Å². The summed E-state index contributed by atoms with van der Waals surface area (Å²) in [4.78, 5) is 32.2. The number of hydrogen-bond donors (Lipinski definition) is 1. The summed E-state index contributed by atoms with van der Waals surface area (Å²) in [5, 5.41) is 3.11. The highest BCUT2D eigenvalue weighted by Crippen LogP contribution is 2.29. The lowest BCUT2D eigenvalue weighted by Gasteiger charge is -2.33. The van der Waals surface area contributed by atoms with Gasteiger partial charge < -0.3 is 10.2 Å². The van der Waals surface area contributed by atoms with Crippen molar-refractivity contribution in [2.75, 3.05) is 39.5 Å². The Morgan fingerprint density at radius 1 is 1.12 bits per heavy atom. The van der Waals surface area contributed by atoms with E-state index in [9.17, 15) is 18.0 Å². The summed E-state index contributed by atoms with van der Waals surface area (Å²) in [5.74, 6) is 0.272. The molecule has 1 aromatic carbocycles. The molecule has 3 aliphatic rings. The van der Waals surface area contributed by atoms with Crippen molar-refractivity contribution in [3.8, 4) is 0 Å². The Labute approximate surface area is 190 Å². The number of carbonyl (C=O) groups excluding carboxylic acids is 2. The van der Waals surface area contributed by atoms with Gasteiger partial charge in [-0.2, -0.15) is 0 Å². The van der Waals surface area contributed by atoms with E-state index in [1.54, 1.807) is 12.1 Å². The summed E-state index contributed by atoms with van der Waals surface area (Å²) in [6.07, 6.45) is 5.57. The van der Waals surface area contributed by atoms with Gasteiger partial charge in [0.1, 0.15) is 6.04 Å². The molecule has 0 bridgehead atoms. The Bertz CT molecular complexity index is 943. The normalized spacial score (nSPS) is 27.2. The van der Waals surface area contributed by atoms with E-state index in [-0.39, 0.29) is 29.9 Å². The Hall–Kier alpha value is -1.97. The van der Waals surface area contributed by atoms with Crippen molar-refractivity contribution in [1.29, 1.82) is 0 Å². The number of amides is 2. The average molecular weight is 463 g/mol. The van der Waals surface area contributed by atoms with Crippen LogP contribution in [0.3, 0.4) is 0 Å². The van der Waals surface area contributed by atoms with Crippen molar-refractivity contribution in [2.45, 2.75) is 61.7 Å². The molecule has 0 unspecified atom stereocenters. The standard InChI is InChI=1S/C23H34N4O4S/c1-25-18(7-10-21(28)26-12-3-4-13-26)15-24-23(29)22-20(25)11-14-27(22)16-17-5-8-19(9-6-17)32(2,30)31/h5-6,8-9,18,20,22H,3-4,7,10-16H2,1-2H3,(H,24,29)/t18-,20-,22-/m0/s1. The molecule has 1 N–H and O–H groups in total. The number of benzene rings is 1. The second-order valence-electron chi connectivity index (χ2n) is 9.38. The smallest absolute Gasteiger partial charge is 0.239 e. The highest BCUT2D eigenvalue weighted by Gasteiger charge is 2.45. The van der Waals surface area contributed by atoms with E-state index in [1.807, 2.05) is 17.0 Å². The minimum Gasteiger partial charge on any atom is -0.353 e. The quantitative estimate of drug-likeness (QED) is 0.675. The molecule has 0 aromatic heterocycles. The van der Waals surface area contributed by atoms with E-state index in [1.165, 1.54) is 6.26 Å². The third-order valence-corrected chi connectivity index (χ3v) is 8.37. The number of sulfone groups is 1. The SMILES string of the molecule is CN1[C@@H](CCC(=O)N2CCCC2)CNC(=O)[C@@H]2[C@@H]1CCN2Cc1ccc(S(C)(=O)=O)cc1. The minimum absolute atomic E-state index is 0.0421. The number of carbonyl (C=O) groups is 2. The third-order valence-electron chi connectivity index (χ3n) is 7.24. The molecule has 3 atom stereocenters. The van der Waals surface area contributed by atoms with Crippen molar-refractivity contribution < 1.29 is 18.0 Å². The minimum atomic E-state index is -3.22. The maximum atomic E-state index is 13.0. The van der Waals surface area contributed by atoms with Crippen molar-refractivity contribution in [3.63, 3.8) is 0 Å². The molecule has 0 radical (unpaired) electrons. The van der Waals surface area contributed by atoms with Crippen molar-refractivity contribution in [1.82, 2.24) is 20.0 Å². The van der Waals surface area contributed by atoms with E-state index in [4.69, 9.17) is 0 Å². The zero-order chi connectivity index (χ0) is 22.9. The fourth-order valence-electron chi connectivity index (χ4n) is 5.32. The summed E-state index contributed by atoms with van der Waals surface area (Å²) in [6.45, 7) is 3.72. The average Bonchev–Trinajstić information content (AvgIpc) is 3.41. The van der Waals surface area contributed by atoms with Gasteiger partial charge in [0, 0.05) is 57.5 Å².